The predicted molar refractivity (Wildman–Crippen MR) is 92.1 cm³/mol. The Morgan fingerprint density at radius 2 is 1.60 bits per heavy atom. The molecule has 1 aliphatic rings. The van der Waals surface area contributed by atoms with Crippen LogP contribution in [0, 0.1) is 11.6 Å². The maximum Gasteiger partial charge on any atom is 0.210 e. The Morgan fingerprint density at radius 3 is 2.16 bits per heavy atom. The number of hydrogen-bond acceptors (Lipinski definition) is 3. The Labute approximate surface area is 146 Å². The maximum absolute atomic E-state index is 14.2. The molecule has 6 heteroatoms. The van der Waals surface area contributed by atoms with Gasteiger partial charge in [0.25, 0.3) is 0 Å². The van der Waals surface area contributed by atoms with E-state index < -0.39 is 28.0 Å². The summed E-state index contributed by atoms with van der Waals surface area (Å²) in [6.45, 7) is 3.25. The van der Waals surface area contributed by atoms with Gasteiger partial charge in [0.2, 0.25) is 5.78 Å². The molecule has 0 N–H and O–H groups in total. The van der Waals surface area contributed by atoms with Gasteiger partial charge in [-0.1, -0.05) is 12.1 Å². The second-order valence-electron chi connectivity index (χ2n) is 6.25. The molecule has 1 atom stereocenters. The minimum Gasteiger partial charge on any atom is -0.478 e. The first-order valence-corrected chi connectivity index (χ1v) is 9.14. The van der Waals surface area contributed by atoms with E-state index in [0.29, 0.717) is 11.1 Å². The van der Waals surface area contributed by atoms with Crippen LogP contribution in [0.4, 0.5) is 8.78 Å². The maximum atomic E-state index is 14.2. The lowest BCUT2D eigenvalue weighted by atomic mass is 9.92. The fourth-order valence-corrected chi connectivity index (χ4v) is 3.31. The number of rotatable bonds is 3. The largest absolute Gasteiger partial charge is 0.478 e. The molecule has 1 unspecified atom stereocenters. The van der Waals surface area contributed by atoms with Crippen molar-refractivity contribution in [1.82, 2.24) is 0 Å². The van der Waals surface area contributed by atoms with E-state index in [-0.39, 0.29) is 22.0 Å². The zero-order chi connectivity index (χ0) is 18.4. The first-order valence-electron chi connectivity index (χ1n) is 7.58. The Kier molecular flexibility index (Phi) is 4.33. The van der Waals surface area contributed by atoms with Gasteiger partial charge in [0.15, 0.2) is 5.60 Å². The van der Waals surface area contributed by atoms with Gasteiger partial charge in [-0.25, -0.2) is 8.78 Å². The first-order chi connectivity index (χ1) is 11.7. The highest BCUT2D eigenvalue weighted by Gasteiger charge is 2.42. The number of ketones is 1. The lowest BCUT2D eigenvalue weighted by Crippen LogP contribution is -2.29. The number of hydrogen-bond donors (Lipinski definition) is 0. The summed E-state index contributed by atoms with van der Waals surface area (Å²) in [5, 5.41) is 0. The number of benzene rings is 2. The molecule has 25 heavy (non-hydrogen) atoms. The van der Waals surface area contributed by atoms with Crippen LogP contribution in [-0.4, -0.2) is 21.8 Å². The third-order valence-corrected chi connectivity index (χ3v) is 4.95. The molecule has 2 aromatic rings. The number of carbonyl (C=O) groups is 1. The van der Waals surface area contributed by atoms with Crippen LogP contribution in [0.1, 0.15) is 25.0 Å². The highest BCUT2D eigenvalue weighted by atomic mass is 32.2. The van der Waals surface area contributed by atoms with Crippen molar-refractivity contribution in [3.8, 4) is 0 Å². The van der Waals surface area contributed by atoms with Crippen LogP contribution in [0.3, 0.4) is 0 Å². The zero-order valence-electron chi connectivity index (χ0n) is 13.9. The van der Waals surface area contributed by atoms with Crippen molar-refractivity contribution in [3.63, 3.8) is 0 Å². The first kappa shape index (κ1) is 17.5. The van der Waals surface area contributed by atoms with Crippen LogP contribution in [0.5, 0.6) is 0 Å². The Balaban J connectivity index is 2.18. The number of halogens is 2. The molecule has 0 fully saturated rings. The molecule has 0 aromatic heterocycles. The SMILES string of the molecule is CS(=O)c1ccc(C2=C(c3ccc(F)cc3)C(=O)C(C)(C)O2)cc1F. The summed E-state index contributed by atoms with van der Waals surface area (Å²) in [7, 11) is -1.46. The van der Waals surface area contributed by atoms with E-state index in [1.54, 1.807) is 19.9 Å². The number of Topliss-reactive ketones (excluding diaryl/α,β-unsaturated/α-hetero) is 1. The van der Waals surface area contributed by atoms with E-state index in [4.69, 9.17) is 4.74 Å². The molecule has 0 radical (unpaired) electrons. The van der Waals surface area contributed by atoms with Crippen LogP contribution in [0.15, 0.2) is 47.4 Å². The fourth-order valence-electron chi connectivity index (χ4n) is 2.71. The summed E-state index contributed by atoms with van der Waals surface area (Å²) in [6, 6.07) is 9.65. The summed E-state index contributed by atoms with van der Waals surface area (Å²) >= 11 is 0. The van der Waals surface area contributed by atoms with Gasteiger partial charge in [-0.3, -0.25) is 9.00 Å². The number of carbonyl (C=O) groups excluding carboxylic acids is 1. The molecule has 1 heterocycles. The molecule has 0 saturated heterocycles. The molecule has 3 nitrogen and oxygen atoms in total. The number of ether oxygens (including phenoxy) is 1. The van der Waals surface area contributed by atoms with Crippen LogP contribution in [-0.2, 0) is 20.3 Å². The molecule has 0 saturated carbocycles. The van der Waals surface area contributed by atoms with Gasteiger partial charge in [0, 0.05) is 11.8 Å². The van der Waals surface area contributed by atoms with Crippen molar-refractivity contribution in [3.05, 3.63) is 65.2 Å². The van der Waals surface area contributed by atoms with E-state index in [1.807, 2.05) is 0 Å². The van der Waals surface area contributed by atoms with E-state index in [1.165, 1.54) is 42.7 Å². The third-order valence-electron chi connectivity index (χ3n) is 3.99. The van der Waals surface area contributed by atoms with E-state index >= 15 is 0 Å². The van der Waals surface area contributed by atoms with E-state index in [2.05, 4.69) is 0 Å². The van der Waals surface area contributed by atoms with Crippen molar-refractivity contribution in [2.75, 3.05) is 6.26 Å². The highest BCUT2D eigenvalue weighted by Crippen LogP contribution is 2.41. The van der Waals surface area contributed by atoms with Gasteiger partial charge in [0.1, 0.15) is 17.4 Å². The van der Waals surface area contributed by atoms with Gasteiger partial charge in [0.05, 0.1) is 21.3 Å². The molecule has 1 aliphatic heterocycles. The average molecular weight is 362 g/mol. The monoisotopic (exact) mass is 362 g/mol. The standard InChI is InChI=1S/C19H16F2O3S/c1-19(2)18(22)16(11-4-7-13(20)8-5-11)17(24-19)12-6-9-15(25(3)23)14(21)10-12/h4-10H,1-3H3. The van der Waals surface area contributed by atoms with Crippen LogP contribution in [0.2, 0.25) is 0 Å². The molecule has 0 amide bonds. The second kappa shape index (κ2) is 6.19. The zero-order valence-corrected chi connectivity index (χ0v) is 14.7. The molecule has 130 valence electrons. The van der Waals surface area contributed by atoms with Crippen molar-refractivity contribution in [2.24, 2.45) is 0 Å². The normalized spacial score (nSPS) is 17.6. The third kappa shape index (κ3) is 3.14. The van der Waals surface area contributed by atoms with Gasteiger partial charge < -0.3 is 4.74 Å². The van der Waals surface area contributed by atoms with Crippen LogP contribution in [0.25, 0.3) is 11.3 Å². The molecule has 2 aromatic carbocycles. The van der Waals surface area contributed by atoms with Crippen molar-refractivity contribution in [2.45, 2.75) is 24.3 Å². The van der Waals surface area contributed by atoms with Crippen molar-refractivity contribution >= 4 is 27.9 Å². The molecule has 3 rings (SSSR count). The topological polar surface area (TPSA) is 43.4 Å². The predicted octanol–water partition coefficient (Wildman–Crippen LogP) is 3.95. The van der Waals surface area contributed by atoms with E-state index in [9.17, 15) is 17.8 Å². The Bertz CT molecular complexity index is 915. The summed E-state index contributed by atoms with van der Waals surface area (Å²) in [6.07, 6.45) is 1.39. The summed E-state index contributed by atoms with van der Waals surface area (Å²) in [4.78, 5) is 12.8. The van der Waals surface area contributed by atoms with Gasteiger partial charge in [-0.05, 0) is 49.7 Å². The summed E-state index contributed by atoms with van der Waals surface area (Å²) < 4.78 is 44.7. The highest BCUT2D eigenvalue weighted by molar-refractivity contribution is 7.84. The van der Waals surface area contributed by atoms with Gasteiger partial charge in [-0.15, -0.1) is 0 Å². The van der Waals surface area contributed by atoms with E-state index in [0.717, 1.165) is 0 Å². The minimum atomic E-state index is -1.46. The van der Waals surface area contributed by atoms with Crippen molar-refractivity contribution < 1.29 is 22.5 Å². The summed E-state index contributed by atoms with van der Waals surface area (Å²) in [5.74, 6) is -1.09. The van der Waals surface area contributed by atoms with Crippen LogP contribution >= 0.6 is 0 Å². The molecule has 0 aliphatic carbocycles. The Morgan fingerprint density at radius 1 is 1.00 bits per heavy atom. The molecular formula is C19H16F2O3S. The average Bonchev–Trinajstić information content (AvgIpc) is 2.78. The van der Waals surface area contributed by atoms with Crippen LogP contribution < -0.4 is 0 Å². The fraction of sp³-hybridized carbons (Fsp3) is 0.211. The minimum absolute atomic E-state index is 0.0799. The second-order valence-corrected chi connectivity index (χ2v) is 7.60. The van der Waals surface area contributed by atoms with Gasteiger partial charge >= 0.3 is 0 Å². The Hall–Kier alpha value is -2.34. The summed E-state index contributed by atoms with van der Waals surface area (Å²) in [5.41, 5.74) is 0.0251. The lowest BCUT2D eigenvalue weighted by molar-refractivity contribution is -0.125. The smallest absolute Gasteiger partial charge is 0.210 e. The van der Waals surface area contributed by atoms with Crippen molar-refractivity contribution in [1.29, 1.82) is 0 Å². The molecule has 0 spiro atoms. The molecule has 0 bridgehead atoms. The van der Waals surface area contributed by atoms with Gasteiger partial charge in [-0.2, -0.15) is 0 Å². The quantitative estimate of drug-likeness (QED) is 0.830. The lowest BCUT2D eigenvalue weighted by Gasteiger charge is -2.18. The molecular weight excluding hydrogens is 346 g/mol.